The van der Waals surface area contributed by atoms with E-state index in [-0.39, 0.29) is 5.75 Å². The lowest BCUT2D eigenvalue weighted by atomic mass is 10.2. The Labute approximate surface area is 96.4 Å². The molecule has 2 aromatic rings. The van der Waals surface area contributed by atoms with Crippen molar-refractivity contribution in [2.75, 3.05) is 0 Å². The summed E-state index contributed by atoms with van der Waals surface area (Å²) in [5, 5.41) is 16.3. The second kappa shape index (κ2) is 4.05. The number of aromatic amines is 1. The molecule has 0 spiro atoms. The SMILES string of the molecule is CCn1c(-c2ccc(F)cc2O)n[nH]c1=S. The monoisotopic (exact) mass is 239 g/mol. The summed E-state index contributed by atoms with van der Waals surface area (Å²) in [7, 11) is 0. The van der Waals surface area contributed by atoms with Gasteiger partial charge in [0, 0.05) is 12.6 Å². The van der Waals surface area contributed by atoms with E-state index in [1.54, 1.807) is 4.57 Å². The Morgan fingerprint density at radius 3 is 2.94 bits per heavy atom. The molecule has 0 radical (unpaired) electrons. The van der Waals surface area contributed by atoms with Crippen molar-refractivity contribution in [2.45, 2.75) is 13.5 Å². The van der Waals surface area contributed by atoms with Gasteiger partial charge in [-0.15, -0.1) is 0 Å². The minimum absolute atomic E-state index is 0.149. The number of hydrogen-bond acceptors (Lipinski definition) is 3. The predicted octanol–water partition coefficient (Wildman–Crippen LogP) is 2.47. The zero-order valence-electron chi connectivity index (χ0n) is 8.57. The number of phenolic OH excluding ortho intramolecular Hbond substituents is 1. The van der Waals surface area contributed by atoms with Gasteiger partial charge < -0.3 is 9.67 Å². The summed E-state index contributed by atoms with van der Waals surface area (Å²) in [6, 6.07) is 3.79. The molecule has 0 aliphatic carbocycles. The van der Waals surface area contributed by atoms with Crippen LogP contribution in [-0.2, 0) is 6.54 Å². The Hall–Kier alpha value is -1.69. The van der Waals surface area contributed by atoms with Gasteiger partial charge in [0.2, 0.25) is 0 Å². The number of H-pyrrole nitrogens is 1. The molecule has 2 N–H and O–H groups in total. The summed E-state index contributed by atoms with van der Waals surface area (Å²) >= 11 is 5.03. The lowest BCUT2D eigenvalue weighted by Gasteiger charge is -2.05. The minimum atomic E-state index is -0.488. The number of benzene rings is 1. The van der Waals surface area contributed by atoms with Crippen LogP contribution in [0.15, 0.2) is 18.2 Å². The fourth-order valence-corrected chi connectivity index (χ4v) is 1.77. The molecule has 0 saturated heterocycles. The molecule has 16 heavy (non-hydrogen) atoms. The number of hydrogen-bond donors (Lipinski definition) is 2. The first-order chi connectivity index (χ1) is 7.63. The lowest BCUT2D eigenvalue weighted by Crippen LogP contribution is -1.97. The number of halogens is 1. The number of aromatic nitrogens is 3. The molecule has 1 aromatic carbocycles. The van der Waals surface area contributed by atoms with E-state index in [0.29, 0.717) is 22.7 Å². The zero-order chi connectivity index (χ0) is 11.7. The van der Waals surface area contributed by atoms with Gasteiger partial charge in [-0.2, -0.15) is 5.10 Å². The van der Waals surface area contributed by atoms with Gasteiger partial charge in [0.25, 0.3) is 0 Å². The van der Waals surface area contributed by atoms with E-state index in [1.165, 1.54) is 12.1 Å². The highest BCUT2D eigenvalue weighted by atomic mass is 32.1. The van der Waals surface area contributed by atoms with Crippen LogP contribution < -0.4 is 0 Å². The highest BCUT2D eigenvalue weighted by Crippen LogP contribution is 2.28. The van der Waals surface area contributed by atoms with Crippen LogP contribution >= 0.6 is 12.2 Å². The van der Waals surface area contributed by atoms with Gasteiger partial charge >= 0.3 is 0 Å². The van der Waals surface area contributed by atoms with Gasteiger partial charge in [-0.3, -0.25) is 5.10 Å². The van der Waals surface area contributed by atoms with Crippen LogP contribution in [0, 0.1) is 10.6 Å². The maximum absolute atomic E-state index is 12.8. The molecular weight excluding hydrogens is 229 g/mol. The van der Waals surface area contributed by atoms with Crippen LogP contribution in [0.1, 0.15) is 6.92 Å². The van der Waals surface area contributed by atoms with Gasteiger partial charge in [0.1, 0.15) is 11.6 Å². The Balaban J connectivity index is 2.63. The van der Waals surface area contributed by atoms with E-state index in [2.05, 4.69) is 10.2 Å². The van der Waals surface area contributed by atoms with E-state index < -0.39 is 5.82 Å². The van der Waals surface area contributed by atoms with Gasteiger partial charge in [-0.25, -0.2) is 4.39 Å². The average Bonchev–Trinajstić information content (AvgIpc) is 2.59. The van der Waals surface area contributed by atoms with E-state index >= 15 is 0 Å². The molecule has 0 atom stereocenters. The Kier molecular flexibility index (Phi) is 2.74. The van der Waals surface area contributed by atoms with Crippen LogP contribution in [0.5, 0.6) is 5.75 Å². The first kappa shape index (κ1) is 10.8. The van der Waals surface area contributed by atoms with E-state index in [1.807, 2.05) is 6.92 Å². The number of phenols is 1. The third kappa shape index (κ3) is 1.71. The van der Waals surface area contributed by atoms with Crippen LogP contribution in [0.2, 0.25) is 0 Å². The molecule has 0 saturated carbocycles. The van der Waals surface area contributed by atoms with Crippen LogP contribution in [-0.4, -0.2) is 19.9 Å². The van der Waals surface area contributed by atoms with Crippen molar-refractivity contribution in [1.82, 2.24) is 14.8 Å². The summed E-state index contributed by atoms with van der Waals surface area (Å²) in [6.45, 7) is 2.54. The minimum Gasteiger partial charge on any atom is -0.507 e. The van der Waals surface area contributed by atoms with Crippen LogP contribution in [0.4, 0.5) is 4.39 Å². The Morgan fingerprint density at radius 2 is 2.31 bits per heavy atom. The van der Waals surface area contributed by atoms with Crippen LogP contribution in [0.25, 0.3) is 11.4 Å². The molecule has 84 valence electrons. The molecule has 0 aliphatic heterocycles. The largest absolute Gasteiger partial charge is 0.507 e. The topological polar surface area (TPSA) is 53.8 Å². The number of nitrogens with zero attached hydrogens (tertiary/aromatic N) is 2. The molecule has 2 rings (SSSR count). The smallest absolute Gasteiger partial charge is 0.195 e. The molecule has 0 unspecified atom stereocenters. The summed E-state index contributed by atoms with van der Waals surface area (Å²) in [5.74, 6) is -0.132. The van der Waals surface area contributed by atoms with Crippen molar-refractivity contribution in [1.29, 1.82) is 0 Å². The fourth-order valence-electron chi connectivity index (χ4n) is 1.51. The van der Waals surface area contributed by atoms with Gasteiger partial charge in [-0.1, -0.05) is 0 Å². The van der Waals surface area contributed by atoms with Crippen molar-refractivity contribution in [3.8, 4) is 17.1 Å². The summed E-state index contributed by atoms with van der Waals surface area (Å²) in [6.07, 6.45) is 0. The first-order valence-corrected chi connectivity index (χ1v) is 5.18. The second-order valence-corrected chi connectivity index (χ2v) is 3.64. The van der Waals surface area contributed by atoms with E-state index in [4.69, 9.17) is 12.2 Å². The molecule has 1 aromatic heterocycles. The molecule has 0 bridgehead atoms. The summed E-state index contributed by atoms with van der Waals surface area (Å²) in [4.78, 5) is 0. The highest BCUT2D eigenvalue weighted by molar-refractivity contribution is 7.71. The molecule has 4 nitrogen and oxygen atoms in total. The molecule has 1 heterocycles. The van der Waals surface area contributed by atoms with Crippen molar-refractivity contribution in [2.24, 2.45) is 0 Å². The zero-order valence-corrected chi connectivity index (χ0v) is 9.38. The number of aromatic hydroxyl groups is 1. The molecule has 0 aliphatic rings. The van der Waals surface area contributed by atoms with Crippen molar-refractivity contribution in [3.05, 3.63) is 28.8 Å². The highest BCUT2D eigenvalue weighted by Gasteiger charge is 2.12. The standard InChI is InChI=1S/C10H10FN3OS/c1-2-14-9(12-13-10(14)16)7-4-3-6(11)5-8(7)15/h3-5,15H,2H2,1H3,(H,13,16). The Morgan fingerprint density at radius 1 is 1.56 bits per heavy atom. The Bertz CT molecular complexity index is 576. The van der Waals surface area contributed by atoms with Crippen molar-refractivity contribution < 1.29 is 9.50 Å². The third-order valence-electron chi connectivity index (χ3n) is 2.28. The van der Waals surface area contributed by atoms with E-state index in [9.17, 15) is 9.50 Å². The normalized spacial score (nSPS) is 10.6. The van der Waals surface area contributed by atoms with Gasteiger partial charge in [0.05, 0.1) is 5.56 Å². The maximum Gasteiger partial charge on any atom is 0.195 e. The maximum atomic E-state index is 12.8. The first-order valence-electron chi connectivity index (χ1n) is 4.77. The van der Waals surface area contributed by atoms with E-state index in [0.717, 1.165) is 6.07 Å². The summed E-state index contributed by atoms with van der Waals surface area (Å²) in [5.41, 5.74) is 0.454. The van der Waals surface area contributed by atoms with Crippen molar-refractivity contribution >= 4 is 12.2 Å². The summed E-state index contributed by atoms with van der Waals surface area (Å²) < 4.78 is 15.0. The lowest BCUT2D eigenvalue weighted by molar-refractivity contribution is 0.470. The average molecular weight is 239 g/mol. The molecule has 0 amide bonds. The van der Waals surface area contributed by atoms with Crippen LogP contribution in [0.3, 0.4) is 0 Å². The molecular formula is C10H10FN3OS. The quantitative estimate of drug-likeness (QED) is 0.791. The molecule has 6 heteroatoms. The predicted molar refractivity (Wildman–Crippen MR) is 60.1 cm³/mol. The van der Waals surface area contributed by atoms with Crippen molar-refractivity contribution in [3.63, 3.8) is 0 Å². The van der Waals surface area contributed by atoms with Gasteiger partial charge in [-0.05, 0) is 31.3 Å². The third-order valence-corrected chi connectivity index (χ3v) is 2.59. The molecule has 0 fully saturated rings. The number of rotatable bonds is 2. The second-order valence-electron chi connectivity index (χ2n) is 3.26. The van der Waals surface area contributed by atoms with Gasteiger partial charge in [0.15, 0.2) is 10.6 Å². The fraction of sp³-hybridized carbons (Fsp3) is 0.200. The number of nitrogens with one attached hydrogen (secondary N) is 1.